The summed E-state index contributed by atoms with van der Waals surface area (Å²) in [5.41, 5.74) is 1.79. The smallest absolute Gasteiger partial charge is 0.327 e. The monoisotopic (exact) mass is 227 g/mol. The van der Waals surface area contributed by atoms with Crippen LogP contribution in [0.15, 0.2) is 18.2 Å². The van der Waals surface area contributed by atoms with Crippen molar-refractivity contribution in [3.8, 4) is 0 Å². The lowest BCUT2D eigenvalue weighted by Gasteiger charge is -2.14. The highest BCUT2D eigenvalue weighted by Gasteiger charge is 2.19. The predicted molar refractivity (Wildman–Crippen MR) is 60.0 cm³/mol. The van der Waals surface area contributed by atoms with E-state index in [9.17, 15) is 4.79 Å². The number of likely N-dealkylation sites (N-methyl/N-ethyl adjacent to an activating group) is 1. The molecule has 1 rings (SSSR count). The summed E-state index contributed by atoms with van der Waals surface area (Å²) in [6.07, 6.45) is 0. The molecule has 0 aliphatic heterocycles. The summed E-state index contributed by atoms with van der Waals surface area (Å²) in [5.74, 6) is -0.322. The number of aryl methyl sites for hydroxylation is 1. The minimum atomic E-state index is -0.465. The Balaban J connectivity index is 3.02. The number of esters is 1. The van der Waals surface area contributed by atoms with Crippen LogP contribution in [0.1, 0.15) is 17.2 Å². The van der Waals surface area contributed by atoms with Crippen LogP contribution in [-0.2, 0) is 9.53 Å². The number of rotatable bonds is 3. The number of nitrogens with one attached hydrogen (secondary N) is 1. The van der Waals surface area contributed by atoms with Crippen molar-refractivity contribution in [2.45, 2.75) is 13.0 Å². The van der Waals surface area contributed by atoms with E-state index in [-0.39, 0.29) is 5.97 Å². The van der Waals surface area contributed by atoms with Gasteiger partial charge in [0, 0.05) is 5.02 Å². The van der Waals surface area contributed by atoms with Crippen LogP contribution >= 0.6 is 11.6 Å². The quantitative estimate of drug-likeness (QED) is 0.804. The molecule has 82 valence electrons. The molecule has 0 radical (unpaired) electrons. The standard InChI is InChI=1S/C11H14ClNO2/c1-7-4-5-8(6-9(7)12)10(13-2)11(14)15-3/h4-6,10,13H,1-3H3. The molecule has 15 heavy (non-hydrogen) atoms. The van der Waals surface area contributed by atoms with Crippen molar-refractivity contribution in [1.29, 1.82) is 0 Å². The normalized spacial score (nSPS) is 12.3. The molecule has 0 heterocycles. The van der Waals surface area contributed by atoms with E-state index in [4.69, 9.17) is 11.6 Å². The van der Waals surface area contributed by atoms with Crippen LogP contribution in [0.3, 0.4) is 0 Å². The van der Waals surface area contributed by atoms with Crippen LogP contribution in [0.2, 0.25) is 5.02 Å². The second kappa shape index (κ2) is 5.14. The van der Waals surface area contributed by atoms with E-state index >= 15 is 0 Å². The summed E-state index contributed by atoms with van der Waals surface area (Å²) in [6, 6.07) is 5.05. The van der Waals surface area contributed by atoms with Gasteiger partial charge < -0.3 is 10.1 Å². The van der Waals surface area contributed by atoms with Gasteiger partial charge in [-0.1, -0.05) is 23.7 Å². The van der Waals surface area contributed by atoms with Crippen molar-refractivity contribution in [1.82, 2.24) is 5.32 Å². The molecule has 1 atom stereocenters. The fourth-order valence-corrected chi connectivity index (χ4v) is 1.52. The molecule has 0 spiro atoms. The van der Waals surface area contributed by atoms with E-state index in [0.29, 0.717) is 5.02 Å². The third kappa shape index (κ3) is 2.70. The Bertz CT molecular complexity index is 366. The van der Waals surface area contributed by atoms with Gasteiger partial charge in [-0.25, -0.2) is 4.79 Å². The van der Waals surface area contributed by atoms with Crippen molar-refractivity contribution >= 4 is 17.6 Å². The summed E-state index contributed by atoms with van der Waals surface area (Å²) in [7, 11) is 3.07. The molecule has 1 aromatic rings. The molecule has 0 fully saturated rings. The van der Waals surface area contributed by atoms with Gasteiger partial charge in [0.15, 0.2) is 0 Å². The van der Waals surface area contributed by atoms with Crippen molar-refractivity contribution in [2.75, 3.05) is 14.2 Å². The Morgan fingerprint density at radius 1 is 1.53 bits per heavy atom. The molecule has 3 nitrogen and oxygen atoms in total. The molecule has 0 aliphatic rings. The summed E-state index contributed by atoms with van der Waals surface area (Å²) in [6.45, 7) is 1.92. The molecule has 0 amide bonds. The second-order valence-electron chi connectivity index (χ2n) is 3.25. The van der Waals surface area contributed by atoms with Gasteiger partial charge in [0.1, 0.15) is 6.04 Å². The zero-order chi connectivity index (χ0) is 11.4. The molecule has 0 bridgehead atoms. The van der Waals surface area contributed by atoms with Gasteiger partial charge in [0.2, 0.25) is 0 Å². The molecule has 0 aromatic heterocycles. The molecule has 4 heteroatoms. The highest BCUT2D eigenvalue weighted by Crippen LogP contribution is 2.21. The Labute approximate surface area is 94.4 Å². The van der Waals surface area contributed by atoms with Gasteiger partial charge in [-0.05, 0) is 31.2 Å². The van der Waals surface area contributed by atoms with Crippen molar-refractivity contribution in [3.63, 3.8) is 0 Å². The molecular formula is C11H14ClNO2. The number of methoxy groups -OCH3 is 1. The number of benzene rings is 1. The third-order valence-corrected chi connectivity index (χ3v) is 2.66. The fourth-order valence-electron chi connectivity index (χ4n) is 1.33. The van der Waals surface area contributed by atoms with Crippen LogP contribution < -0.4 is 5.32 Å². The number of ether oxygens (including phenoxy) is 1. The molecule has 1 N–H and O–H groups in total. The van der Waals surface area contributed by atoms with E-state index < -0.39 is 6.04 Å². The zero-order valence-corrected chi connectivity index (χ0v) is 9.76. The number of hydrogen-bond donors (Lipinski definition) is 1. The average Bonchev–Trinajstić information content (AvgIpc) is 2.24. The topological polar surface area (TPSA) is 38.3 Å². The van der Waals surface area contributed by atoms with E-state index in [1.807, 2.05) is 19.1 Å². The largest absolute Gasteiger partial charge is 0.468 e. The number of halogens is 1. The van der Waals surface area contributed by atoms with Crippen LogP contribution in [0.5, 0.6) is 0 Å². The van der Waals surface area contributed by atoms with Gasteiger partial charge in [-0.3, -0.25) is 0 Å². The predicted octanol–water partition coefficient (Wildman–Crippen LogP) is 2.08. The first-order valence-electron chi connectivity index (χ1n) is 4.61. The summed E-state index contributed by atoms with van der Waals surface area (Å²) in [5, 5.41) is 3.53. The Morgan fingerprint density at radius 3 is 2.67 bits per heavy atom. The summed E-state index contributed by atoms with van der Waals surface area (Å²) in [4.78, 5) is 11.4. The van der Waals surface area contributed by atoms with Gasteiger partial charge in [-0.2, -0.15) is 0 Å². The highest BCUT2D eigenvalue weighted by atomic mass is 35.5. The number of carbonyl (C=O) groups is 1. The zero-order valence-electron chi connectivity index (χ0n) is 9.00. The molecule has 0 saturated carbocycles. The van der Waals surface area contributed by atoms with Crippen LogP contribution in [-0.4, -0.2) is 20.1 Å². The van der Waals surface area contributed by atoms with E-state index in [1.54, 1.807) is 13.1 Å². The maximum absolute atomic E-state index is 11.4. The van der Waals surface area contributed by atoms with Crippen LogP contribution in [0.4, 0.5) is 0 Å². The lowest BCUT2D eigenvalue weighted by Crippen LogP contribution is -2.26. The Hall–Kier alpha value is -1.06. The van der Waals surface area contributed by atoms with Crippen molar-refractivity contribution in [2.24, 2.45) is 0 Å². The highest BCUT2D eigenvalue weighted by molar-refractivity contribution is 6.31. The lowest BCUT2D eigenvalue weighted by atomic mass is 10.1. The molecule has 1 unspecified atom stereocenters. The Morgan fingerprint density at radius 2 is 2.20 bits per heavy atom. The SMILES string of the molecule is CNC(C(=O)OC)c1ccc(C)c(Cl)c1. The molecular weight excluding hydrogens is 214 g/mol. The minimum Gasteiger partial charge on any atom is -0.468 e. The summed E-state index contributed by atoms with van der Waals surface area (Å²) >= 11 is 5.98. The maximum Gasteiger partial charge on any atom is 0.327 e. The van der Waals surface area contributed by atoms with E-state index in [2.05, 4.69) is 10.1 Å². The summed E-state index contributed by atoms with van der Waals surface area (Å²) < 4.78 is 4.68. The van der Waals surface area contributed by atoms with Gasteiger partial charge >= 0.3 is 5.97 Å². The first-order valence-corrected chi connectivity index (χ1v) is 4.99. The molecule has 0 saturated heterocycles. The number of carbonyl (C=O) groups excluding carboxylic acids is 1. The van der Waals surface area contributed by atoms with Crippen molar-refractivity contribution in [3.05, 3.63) is 34.3 Å². The molecule has 0 aliphatic carbocycles. The van der Waals surface area contributed by atoms with Gasteiger partial charge in [-0.15, -0.1) is 0 Å². The third-order valence-electron chi connectivity index (χ3n) is 2.25. The fraction of sp³-hybridized carbons (Fsp3) is 0.364. The Kier molecular flexibility index (Phi) is 4.12. The minimum absolute atomic E-state index is 0.322. The molecule has 1 aromatic carbocycles. The van der Waals surface area contributed by atoms with Crippen LogP contribution in [0, 0.1) is 6.92 Å². The lowest BCUT2D eigenvalue weighted by molar-refractivity contribution is -0.143. The maximum atomic E-state index is 11.4. The van der Waals surface area contributed by atoms with E-state index in [1.165, 1.54) is 7.11 Å². The van der Waals surface area contributed by atoms with Crippen molar-refractivity contribution < 1.29 is 9.53 Å². The first-order chi connectivity index (χ1) is 7.10. The van der Waals surface area contributed by atoms with Gasteiger partial charge in [0.25, 0.3) is 0 Å². The average molecular weight is 228 g/mol. The van der Waals surface area contributed by atoms with Crippen LogP contribution in [0.25, 0.3) is 0 Å². The second-order valence-corrected chi connectivity index (χ2v) is 3.66. The van der Waals surface area contributed by atoms with E-state index in [0.717, 1.165) is 11.1 Å². The number of hydrogen-bond acceptors (Lipinski definition) is 3. The first kappa shape index (κ1) is 12.0. The van der Waals surface area contributed by atoms with Gasteiger partial charge in [0.05, 0.1) is 7.11 Å².